The van der Waals surface area contributed by atoms with E-state index in [0.717, 1.165) is 12.8 Å². The summed E-state index contributed by atoms with van der Waals surface area (Å²) in [5, 5.41) is 0. The van der Waals surface area contributed by atoms with Gasteiger partial charge in [-0.05, 0) is 59.5 Å². The molecule has 0 saturated carbocycles. The number of halogens is 1. The van der Waals surface area contributed by atoms with Gasteiger partial charge in [0.1, 0.15) is 0 Å². The van der Waals surface area contributed by atoms with Crippen LogP contribution in [0.5, 0.6) is 0 Å². The molecule has 40 heavy (non-hydrogen) atoms. The Morgan fingerprint density at radius 1 is 0.875 bits per heavy atom. The van der Waals surface area contributed by atoms with E-state index in [4.69, 9.17) is 5.73 Å². The number of amides is 1. The van der Waals surface area contributed by atoms with Gasteiger partial charge in [-0.2, -0.15) is 0 Å². The first-order valence-electron chi connectivity index (χ1n) is 16.1. The van der Waals surface area contributed by atoms with E-state index < -0.39 is 7.26 Å². The number of carbonyl (C=O) groups is 1. The van der Waals surface area contributed by atoms with Gasteiger partial charge in [-0.15, -0.1) is 0 Å². The number of carbonyl (C=O) groups excluding carboxylic acids is 1. The summed E-state index contributed by atoms with van der Waals surface area (Å²) in [7, 11) is 0.423. The summed E-state index contributed by atoms with van der Waals surface area (Å²) in [5.74, 6) is 0.439. The van der Waals surface area contributed by atoms with Crippen LogP contribution in [0.4, 0.5) is 0 Å². The van der Waals surface area contributed by atoms with Crippen molar-refractivity contribution in [2.75, 3.05) is 25.6 Å². The maximum atomic E-state index is 12.5. The molecule has 0 saturated heterocycles. The first-order chi connectivity index (χ1) is 18.7. The lowest BCUT2D eigenvalue weighted by Gasteiger charge is -2.46. The summed E-state index contributed by atoms with van der Waals surface area (Å²) >= 11 is 4.50. The lowest BCUT2D eigenvalue weighted by Crippen LogP contribution is -2.43. The minimum absolute atomic E-state index is 0.0900. The Bertz CT molecular complexity index is 781. The van der Waals surface area contributed by atoms with Crippen LogP contribution in [0.15, 0.2) is 24.3 Å². The van der Waals surface area contributed by atoms with Crippen LogP contribution >= 0.6 is 19.1 Å². The third-order valence-corrected chi connectivity index (χ3v) is 14.1. The molecule has 0 heterocycles. The van der Waals surface area contributed by atoms with Gasteiger partial charge >= 0.3 is 0 Å². The third-order valence-electron chi connectivity index (χ3n) is 9.24. The molecular weight excluding hydrogens is 533 g/mol. The fraction of sp³-hybridized carbons (Fsp3) is 0.800. The van der Waals surface area contributed by atoms with Gasteiger partial charge in [-0.3, -0.25) is 9.08 Å². The highest BCUT2D eigenvalue weighted by Gasteiger charge is 2.45. The number of benzene rings is 1. The molecule has 0 spiro atoms. The molecule has 0 aliphatic heterocycles. The van der Waals surface area contributed by atoms with Crippen molar-refractivity contribution in [3.63, 3.8) is 0 Å². The average molecular weight is 599 g/mol. The van der Waals surface area contributed by atoms with E-state index in [1.807, 2.05) is 0 Å². The van der Waals surface area contributed by atoms with Crippen LogP contribution in [0.3, 0.4) is 0 Å². The summed E-state index contributed by atoms with van der Waals surface area (Å²) < 4.78 is 3.72. The fourth-order valence-electron chi connectivity index (χ4n) is 6.73. The Kier molecular flexibility index (Phi) is 19.2. The predicted molar refractivity (Wildman–Crippen MR) is 182 cm³/mol. The summed E-state index contributed by atoms with van der Waals surface area (Å²) in [6, 6.07) is 9.74. The highest BCUT2D eigenvalue weighted by molar-refractivity contribution is 7.75. The number of primary amides is 1. The molecule has 0 radical (unpaired) electrons. The molecule has 1 amide bonds. The molecule has 0 aliphatic rings. The highest BCUT2D eigenvalue weighted by Crippen LogP contribution is 2.63. The number of rotatable bonds is 18. The molecule has 5 heteroatoms. The zero-order valence-corrected chi connectivity index (χ0v) is 29.9. The molecule has 3 atom stereocenters. The zero-order valence-electron chi connectivity index (χ0n) is 28.2. The standard InChI is InChI=1S/C34H62NOP.CH3ClO/c1-11-15-23-37(24-16-12-2,25-17-13-3)26-28-19-21-29(22-20-28)31(33(6,7)8)27(5)34(9,10)30(18-14-4)32(35)36;1-3-2/h19-22,27,30-31H,11-18,23-26H2,1-10H3,(H-,35,36);1H3/p+1. The van der Waals surface area contributed by atoms with E-state index in [2.05, 4.69) is 110 Å². The summed E-state index contributed by atoms with van der Waals surface area (Å²) in [6.45, 7) is 23.2. The number of hydrogen-bond acceptors (Lipinski definition) is 2. The Balaban J connectivity index is 0.00000483. The molecule has 0 bridgehead atoms. The first-order valence-corrected chi connectivity index (χ1v) is 18.9. The molecule has 3 unspecified atom stereocenters. The SMILES string of the molecule is CCCC[P+](CCCC)(CCCC)Cc1ccc(C(C(C)C(C)(C)C(CCC)C(N)=O)C(C)(C)C)cc1.COCl. The van der Waals surface area contributed by atoms with Gasteiger partial charge in [0, 0.05) is 13.2 Å². The highest BCUT2D eigenvalue weighted by atomic mass is 35.5. The fourth-order valence-corrected chi connectivity index (χ4v) is 11.8. The van der Waals surface area contributed by atoms with Crippen LogP contribution in [0.2, 0.25) is 0 Å². The van der Waals surface area contributed by atoms with Crippen LogP contribution < -0.4 is 5.73 Å². The average Bonchev–Trinajstić information content (AvgIpc) is 2.88. The largest absolute Gasteiger partial charge is 0.369 e. The Morgan fingerprint density at radius 3 is 1.62 bits per heavy atom. The van der Waals surface area contributed by atoms with E-state index in [-0.39, 0.29) is 22.7 Å². The maximum absolute atomic E-state index is 12.5. The quantitative estimate of drug-likeness (QED) is 0.171. The van der Waals surface area contributed by atoms with E-state index in [1.54, 1.807) is 5.56 Å². The molecule has 1 rings (SSSR count). The monoisotopic (exact) mass is 598 g/mol. The number of unbranched alkanes of at least 4 members (excludes halogenated alkanes) is 3. The molecule has 1 aromatic carbocycles. The first kappa shape index (κ1) is 39.4. The van der Waals surface area contributed by atoms with E-state index >= 15 is 0 Å². The smallest absolute Gasteiger partial charge is 0.221 e. The van der Waals surface area contributed by atoms with Crippen LogP contribution in [-0.2, 0) is 15.2 Å². The molecule has 0 fully saturated rings. The van der Waals surface area contributed by atoms with E-state index in [9.17, 15) is 4.79 Å². The van der Waals surface area contributed by atoms with Gasteiger partial charge in [-0.25, -0.2) is 0 Å². The Hall–Kier alpha value is -0.630. The lowest BCUT2D eigenvalue weighted by atomic mass is 9.57. The third kappa shape index (κ3) is 12.7. The second-order valence-corrected chi connectivity index (χ2v) is 18.5. The van der Waals surface area contributed by atoms with Crippen LogP contribution in [-0.4, -0.2) is 31.5 Å². The van der Waals surface area contributed by atoms with Gasteiger partial charge in [-0.1, -0.05) is 119 Å². The van der Waals surface area contributed by atoms with Gasteiger partial charge in [0.15, 0.2) is 0 Å². The van der Waals surface area contributed by atoms with Crippen molar-refractivity contribution < 1.29 is 9.08 Å². The summed E-state index contributed by atoms with van der Waals surface area (Å²) in [6.07, 6.45) is 15.6. The molecule has 1 aromatic rings. The van der Waals surface area contributed by atoms with Crippen LogP contribution in [0.25, 0.3) is 0 Å². The minimum atomic E-state index is -0.968. The van der Waals surface area contributed by atoms with Gasteiger partial charge in [0.25, 0.3) is 0 Å². The summed E-state index contributed by atoms with van der Waals surface area (Å²) in [4.78, 5) is 12.5. The molecule has 234 valence electrons. The van der Waals surface area contributed by atoms with Crippen molar-refractivity contribution in [3.05, 3.63) is 35.4 Å². The minimum Gasteiger partial charge on any atom is -0.369 e. The number of hydrogen-bond donors (Lipinski definition) is 1. The van der Waals surface area contributed by atoms with Crippen molar-refractivity contribution in [1.82, 2.24) is 0 Å². The summed E-state index contributed by atoms with van der Waals surface area (Å²) in [5.41, 5.74) is 8.82. The second kappa shape index (κ2) is 19.5. The van der Waals surface area contributed by atoms with Crippen molar-refractivity contribution >= 4 is 25.0 Å². The maximum Gasteiger partial charge on any atom is 0.221 e. The molecular formula is C35H66ClNO2P+. The van der Waals surface area contributed by atoms with Crippen LogP contribution in [0, 0.1) is 22.7 Å². The van der Waals surface area contributed by atoms with Gasteiger partial charge < -0.3 is 5.73 Å². The van der Waals surface area contributed by atoms with Crippen molar-refractivity contribution in [1.29, 1.82) is 0 Å². The van der Waals surface area contributed by atoms with Crippen molar-refractivity contribution in [2.45, 2.75) is 133 Å². The normalized spacial score (nSPS) is 14.7. The molecule has 3 nitrogen and oxygen atoms in total. The molecule has 2 N–H and O–H groups in total. The Labute approximate surface area is 255 Å². The van der Waals surface area contributed by atoms with E-state index in [0.29, 0.717) is 11.8 Å². The van der Waals surface area contributed by atoms with Crippen molar-refractivity contribution in [2.24, 2.45) is 28.4 Å². The predicted octanol–water partition coefficient (Wildman–Crippen LogP) is 11.1. The molecule has 0 aromatic heterocycles. The van der Waals surface area contributed by atoms with E-state index in [1.165, 1.54) is 75.8 Å². The second-order valence-electron chi connectivity index (χ2n) is 13.8. The number of nitrogens with two attached hydrogens (primary N) is 1. The van der Waals surface area contributed by atoms with Crippen molar-refractivity contribution in [3.8, 4) is 0 Å². The van der Waals surface area contributed by atoms with Crippen LogP contribution in [0.1, 0.15) is 138 Å². The zero-order chi connectivity index (χ0) is 31.0. The lowest BCUT2D eigenvalue weighted by molar-refractivity contribution is -0.127. The Morgan fingerprint density at radius 2 is 1.30 bits per heavy atom. The van der Waals surface area contributed by atoms with Gasteiger partial charge in [0.05, 0.1) is 43.6 Å². The molecule has 0 aliphatic carbocycles. The topological polar surface area (TPSA) is 52.3 Å². The van der Waals surface area contributed by atoms with Gasteiger partial charge in [0.2, 0.25) is 5.91 Å².